The molecule has 2 saturated heterocycles. The molecule has 1 aromatic heterocycles. The van der Waals surface area contributed by atoms with Gasteiger partial charge in [0.25, 0.3) is 10.2 Å². The maximum absolute atomic E-state index is 12.8. The van der Waals surface area contributed by atoms with E-state index in [1.165, 1.54) is 0 Å². The molecular formula is C13H20N4O2S. The monoisotopic (exact) mass is 296 g/mol. The van der Waals surface area contributed by atoms with Gasteiger partial charge in [0, 0.05) is 45.1 Å². The number of nitrogens with one attached hydrogen (secondary N) is 1. The fourth-order valence-corrected chi connectivity index (χ4v) is 4.81. The van der Waals surface area contributed by atoms with Gasteiger partial charge in [-0.15, -0.1) is 0 Å². The van der Waals surface area contributed by atoms with E-state index in [-0.39, 0.29) is 6.04 Å². The number of nitrogens with zero attached hydrogens (tertiary/aromatic N) is 3. The van der Waals surface area contributed by atoms with Gasteiger partial charge in [0.2, 0.25) is 0 Å². The Labute approximate surface area is 120 Å². The van der Waals surface area contributed by atoms with Crippen molar-refractivity contribution in [2.75, 3.05) is 32.7 Å². The van der Waals surface area contributed by atoms with E-state index < -0.39 is 10.2 Å². The number of pyridine rings is 1. The first-order valence-corrected chi connectivity index (χ1v) is 8.47. The number of piperazine rings is 1. The van der Waals surface area contributed by atoms with Crippen molar-refractivity contribution in [3.63, 3.8) is 0 Å². The second kappa shape index (κ2) is 5.77. The molecule has 0 aromatic carbocycles. The molecule has 110 valence electrons. The largest absolute Gasteiger partial charge is 0.314 e. The minimum atomic E-state index is -3.35. The summed E-state index contributed by atoms with van der Waals surface area (Å²) in [5, 5.41) is 3.19. The highest BCUT2D eigenvalue weighted by Crippen LogP contribution is 2.34. The Morgan fingerprint density at radius 3 is 2.55 bits per heavy atom. The molecule has 1 atom stereocenters. The summed E-state index contributed by atoms with van der Waals surface area (Å²) in [4.78, 5) is 4.01. The fraction of sp³-hybridized carbons (Fsp3) is 0.615. The van der Waals surface area contributed by atoms with E-state index in [0.717, 1.165) is 31.5 Å². The van der Waals surface area contributed by atoms with Gasteiger partial charge in [-0.25, -0.2) is 0 Å². The normalized spacial score (nSPS) is 25.9. The molecule has 0 spiro atoms. The zero-order valence-corrected chi connectivity index (χ0v) is 12.2. The van der Waals surface area contributed by atoms with Crippen molar-refractivity contribution in [1.82, 2.24) is 18.9 Å². The molecule has 6 nitrogen and oxygen atoms in total. The van der Waals surface area contributed by atoms with Crippen LogP contribution in [0, 0.1) is 0 Å². The van der Waals surface area contributed by atoms with Crippen LogP contribution in [0.1, 0.15) is 24.4 Å². The molecule has 2 aliphatic rings. The summed E-state index contributed by atoms with van der Waals surface area (Å²) in [6.07, 6.45) is 5.25. The zero-order valence-electron chi connectivity index (χ0n) is 11.4. The Bertz CT molecular complexity index is 543. The first-order chi connectivity index (χ1) is 9.69. The van der Waals surface area contributed by atoms with E-state index in [4.69, 9.17) is 0 Å². The van der Waals surface area contributed by atoms with Crippen LogP contribution in [-0.4, -0.2) is 54.7 Å². The molecule has 0 bridgehead atoms. The molecule has 0 radical (unpaired) electrons. The second-order valence-electron chi connectivity index (χ2n) is 5.21. The summed E-state index contributed by atoms with van der Waals surface area (Å²) in [7, 11) is -3.35. The van der Waals surface area contributed by atoms with Crippen molar-refractivity contribution in [2.24, 2.45) is 0 Å². The predicted octanol–water partition coefficient (Wildman–Crippen LogP) is 0.369. The van der Waals surface area contributed by atoms with Gasteiger partial charge < -0.3 is 5.32 Å². The standard InChI is InChI=1S/C13H20N4O2S/c18-20(19,16-10-7-15-8-11-16)17-9-1-2-13(17)12-3-5-14-6-4-12/h3-6,13,15H,1-2,7-11H2. The SMILES string of the molecule is O=S(=O)(N1CCNCC1)N1CCCC1c1ccncc1. The van der Waals surface area contributed by atoms with Crippen LogP contribution in [0.2, 0.25) is 0 Å². The Morgan fingerprint density at radius 2 is 1.85 bits per heavy atom. The van der Waals surface area contributed by atoms with E-state index >= 15 is 0 Å². The molecule has 1 N–H and O–H groups in total. The fourth-order valence-electron chi connectivity index (χ4n) is 2.96. The maximum atomic E-state index is 12.8. The van der Waals surface area contributed by atoms with Gasteiger partial charge in [-0.3, -0.25) is 4.98 Å². The van der Waals surface area contributed by atoms with E-state index in [1.54, 1.807) is 21.0 Å². The third kappa shape index (κ3) is 2.58. The summed E-state index contributed by atoms with van der Waals surface area (Å²) in [5.74, 6) is 0. The molecule has 20 heavy (non-hydrogen) atoms. The molecular weight excluding hydrogens is 276 g/mol. The highest BCUT2D eigenvalue weighted by Gasteiger charge is 2.38. The van der Waals surface area contributed by atoms with Crippen molar-refractivity contribution in [3.05, 3.63) is 30.1 Å². The predicted molar refractivity (Wildman–Crippen MR) is 76.3 cm³/mol. The topological polar surface area (TPSA) is 65.5 Å². The van der Waals surface area contributed by atoms with E-state index in [9.17, 15) is 8.42 Å². The van der Waals surface area contributed by atoms with Gasteiger partial charge in [0.05, 0.1) is 6.04 Å². The average Bonchev–Trinajstić information content (AvgIpc) is 2.99. The van der Waals surface area contributed by atoms with Crippen molar-refractivity contribution in [2.45, 2.75) is 18.9 Å². The van der Waals surface area contributed by atoms with Crippen LogP contribution in [0.25, 0.3) is 0 Å². The average molecular weight is 296 g/mol. The van der Waals surface area contributed by atoms with Crippen molar-refractivity contribution in [1.29, 1.82) is 0 Å². The lowest BCUT2D eigenvalue weighted by Gasteiger charge is -2.33. The molecule has 0 saturated carbocycles. The summed E-state index contributed by atoms with van der Waals surface area (Å²) < 4.78 is 28.8. The maximum Gasteiger partial charge on any atom is 0.282 e. The van der Waals surface area contributed by atoms with Crippen molar-refractivity contribution in [3.8, 4) is 0 Å². The lowest BCUT2D eigenvalue weighted by Crippen LogP contribution is -2.51. The Hall–Kier alpha value is -1.02. The molecule has 3 rings (SSSR count). The van der Waals surface area contributed by atoms with Crippen LogP contribution in [0.4, 0.5) is 0 Å². The molecule has 1 aromatic rings. The van der Waals surface area contributed by atoms with Crippen molar-refractivity contribution < 1.29 is 8.42 Å². The molecule has 0 aliphatic carbocycles. The molecule has 7 heteroatoms. The first-order valence-electron chi connectivity index (χ1n) is 7.07. The van der Waals surface area contributed by atoms with Crippen LogP contribution in [-0.2, 0) is 10.2 Å². The van der Waals surface area contributed by atoms with E-state index in [0.29, 0.717) is 19.6 Å². The summed E-state index contributed by atoms with van der Waals surface area (Å²) in [6.45, 7) is 3.18. The molecule has 1 unspecified atom stereocenters. The van der Waals surface area contributed by atoms with Crippen LogP contribution >= 0.6 is 0 Å². The highest BCUT2D eigenvalue weighted by molar-refractivity contribution is 7.86. The van der Waals surface area contributed by atoms with Crippen LogP contribution < -0.4 is 5.32 Å². The number of aromatic nitrogens is 1. The lowest BCUT2D eigenvalue weighted by atomic mass is 10.1. The van der Waals surface area contributed by atoms with Crippen molar-refractivity contribution >= 4 is 10.2 Å². The Morgan fingerprint density at radius 1 is 1.15 bits per heavy atom. The van der Waals surface area contributed by atoms with Crippen LogP contribution in [0.5, 0.6) is 0 Å². The number of hydrogen-bond donors (Lipinski definition) is 1. The van der Waals surface area contributed by atoms with Crippen LogP contribution in [0.15, 0.2) is 24.5 Å². The summed E-state index contributed by atoms with van der Waals surface area (Å²) in [5.41, 5.74) is 1.04. The van der Waals surface area contributed by atoms with E-state index in [2.05, 4.69) is 10.3 Å². The second-order valence-corrected chi connectivity index (χ2v) is 7.09. The van der Waals surface area contributed by atoms with Gasteiger partial charge in [-0.1, -0.05) is 0 Å². The number of hydrogen-bond acceptors (Lipinski definition) is 4. The van der Waals surface area contributed by atoms with Gasteiger partial charge in [0.15, 0.2) is 0 Å². The van der Waals surface area contributed by atoms with Gasteiger partial charge in [0.1, 0.15) is 0 Å². The third-order valence-corrected chi connectivity index (χ3v) is 6.04. The first kappa shape index (κ1) is 13.9. The Balaban J connectivity index is 1.84. The molecule has 3 heterocycles. The quantitative estimate of drug-likeness (QED) is 0.875. The molecule has 2 fully saturated rings. The Kier molecular flexibility index (Phi) is 4.02. The smallest absolute Gasteiger partial charge is 0.282 e. The van der Waals surface area contributed by atoms with Gasteiger partial charge in [-0.2, -0.15) is 17.0 Å². The molecule has 2 aliphatic heterocycles. The minimum Gasteiger partial charge on any atom is -0.314 e. The van der Waals surface area contributed by atoms with Gasteiger partial charge in [-0.05, 0) is 30.5 Å². The third-order valence-electron chi connectivity index (χ3n) is 3.99. The summed E-state index contributed by atoms with van der Waals surface area (Å²) in [6, 6.07) is 3.78. The van der Waals surface area contributed by atoms with Crippen LogP contribution in [0.3, 0.4) is 0 Å². The van der Waals surface area contributed by atoms with Gasteiger partial charge >= 0.3 is 0 Å². The van der Waals surface area contributed by atoms with E-state index in [1.807, 2.05) is 12.1 Å². The lowest BCUT2D eigenvalue weighted by molar-refractivity contribution is 0.304. The minimum absolute atomic E-state index is 0.0436. The number of rotatable bonds is 3. The molecule has 0 amide bonds. The highest BCUT2D eigenvalue weighted by atomic mass is 32.2. The zero-order chi connectivity index (χ0) is 14.0. The summed E-state index contributed by atoms with van der Waals surface area (Å²) >= 11 is 0.